The normalized spacial score (nSPS) is 11.1. The number of nitriles is 1. The van der Waals surface area contributed by atoms with Gasteiger partial charge in [0.05, 0.1) is 22.5 Å². The zero-order valence-electron chi connectivity index (χ0n) is 16.3. The number of carbonyl (C=O) groups excluding carboxylic acids is 1. The smallest absolute Gasteiger partial charge is 0.421 e. The Morgan fingerprint density at radius 1 is 1.18 bits per heavy atom. The van der Waals surface area contributed by atoms with Crippen molar-refractivity contribution in [2.75, 3.05) is 17.7 Å². The van der Waals surface area contributed by atoms with Crippen LogP contribution in [0.1, 0.15) is 15.9 Å². The summed E-state index contributed by atoms with van der Waals surface area (Å²) in [6, 6.07) is 7.22. The molecule has 0 aliphatic carbocycles. The van der Waals surface area contributed by atoms with Gasteiger partial charge in [-0.25, -0.2) is 13.8 Å². The fourth-order valence-electron chi connectivity index (χ4n) is 2.84. The monoisotopic (exact) mass is 482 g/mol. The molecule has 33 heavy (non-hydrogen) atoms. The number of hydrogen-bond donors (Lipinski definition) is 2. The molecule has 0 aliphatic rings. The topological polar surface area (TPSA) is 101 Å². The van der Waals surface area contributed by atoms with Crippen LogP contribution < -0.4 is 15.8 Å². The van der Waals surface area contributed by atoms with Crippen LogP contribution in [0.4, 0.5) is 33.3 Å². The zero-order valence-corrected chi connectivity index (χ0v) is 17.1. The number of ether oxygens (including phenoxy) is 1. The predicted molar refractivity (Wildman–Crippen MR) is 110 cm³/mol. The van der Waals surface area contributed by atoms with Gasteiger partial charge in [0.25, 0.3) is 5.91 Å². The molecule has 3 N–H and O–H groups in total. The molecule has 0 unspecified atom stereocenters. The van der Waals surface area contributed by atoms with Crippen molar-refractivity contribution >= 4 is 28.9 Å². The van der Waals surface area contributed by atoms with Crippen molar-refractivity contribution < 1.29 is 31.5 Å². The highest BCUT2D eigenvalue weighted by Gasteiger charge is 2.36. The number of benzene rings is 2. The second kappa shape index (κ2) is 9.30. The van der Waals surface area contributed by atoms with Gasteiger partial charge in [0.1, 0.15) is 23.3 Å². The van der Waals surface area contributed by atoms with Crippen molar-refractivity contribution in [3.05, 3.63) is 70.4 Å². The average Bonchev–Trinajstić information content (AvgIpc) is 2.73. The maximum atomic E-state index is 14.7. The molecule has 1 amide bonds. The van der Waals surface area contributed by atoms with E-state index in [0.717, 1.165) is 30.5 Å². The van der Waals surface area contributed by atoms with E-state index in [2.05, 4.69) is 15.0 Å². The third-order valence-electron chi connectivity index (χ3n) is 4.29. The molecule has 0 saturated heterocycles. The second-order valence-electron chi connectivity index (χ2n) is 6.52. The van der Waals surface area contributed by atoms with Crippen LogP contribution in [0.25, 0.3) is 11.1 Å². The molecule has 2 aromatic carbocycles. The minimum atomic E-state index is -4.89. The molecule has 0 atom stereocenters. The summed E-state index contributed by atoms with van der Waals surface area (Å²) in [6.45, 7) is -0.665. The van der Waals surface area contributed by atoms with Gasteiger partial charge < -0.3 is 15.8 Å². The summed E-state index contributed by atoms with van der Waals surface area (Å²) in [5, 5.41) is 10.4. The number of anilines is 2. The lowest BCUT2D eigenvalue weighted by Gasteiger charge is -2.14. The summed E-state index contributed by atoms with van der Waals surface area (Å²) in [6.07, 6.45) is -4.02. The van der Waals surface area contributed by atoms with Crippen LogP contribution in [0.5, 0.6) is 5.88 Å². The summed E-state index contributed by atoms with van der Waals surface area (Å²) >= 11 is 6.09. The highest BCUT2D eigenvalue weighted by atomic mass is 35.5. The number of amides is 1. The summed E-state index contributed by atoms with van der Waals surface area (Å²) in [5.74, 6) is -3.41. The summed E-state index contributed by atoms with van der Waals surface area (Å²) in [7, 11) is 0. The Kier molecular flexibility index (Phi) is 6.69. The Morgan fingerprint density at radius 2 is 1.91 bits per heavy atom. The van der Waals surface area contributed by atoms with Gasteiger partial charge in [0, 0.05) is 16.8 Å². The largest absolute Gasteiger partial charge is 0.462 e. The molecular formula is C21H12ClF5N4O2. The van der Waals surface area contributed by atoms with Gasteiger partial charge in [-0.15, -0.1) is 0 Å². The minimum absolute atomic E-state index is 0.0633. The number of aromatic nitrogens is 1. The molecule has 6 nitrogen and oxygen atoms in total. The molecule has 1 aromatic heterocycles. The van der Waals surface area contributed by atoms with Gasteiger partial charge >= 0.3 is 6.18 Å². The molecule has 0 spiro atoms. The number of nitrogens with two attached hydrogens (primary N) is 1. The summed E-state index contributed by atoms with van der Waals surface area (Å²) in [4.78, 5) is 16.0. The number of halogens is 6. The maximum Gasteiger partial charge on any atom is 0.421 e. The Labute approximate surface area is 188 Å². The van der Waals surface area contributed by atoms with Crippen LogP contribution in [-0.2, 0) is 6.18 Å². The first kappa shape index (κ1) is 23.7. The molecule has 0 bridgehead atoms. The third-order valence-corrected chi connectivity index (χ3v) is 4.61. The van der Waals surface area contributed by atoms with E-state index in [1.54, 1.807) is 0 Å². The number of carbonyl (C=O) groups is 1. The lowest BCUT2D eigenvalue weighted by Crippen LogP contribution is -2.16. The highest BCUT2D eigenvalue weighted by Crippen LogP contribution is 2.37. The highest BCUT2D eigenvalue weighted by molar-refractivity contribution is 6.34. The molecule has 0 radical (unpaired) electrons. The molecular weight excluding hydrogens is 471 g/mol. The van der Waals surface area contributed by atoms with Crippen molar-refractivity contribution in [2.45, 2.75) is 6.18 Å². The predicted octanol–water partition coefficient (Wildman–Crippen LogP) is 5.44. The van der Waals surface area contributed by atoms with Crippen molar-refractivity contribution in [3.63, 3.8) is 0 Å². The van der Waals surface area contributed by atoms with Gasteiger partial charge in [0.15, 0.2) is 6.61 Å². The standard InChI is InChI=1S/C21H12ClF5N4O2/c22-16-7-13(12-2-1-10(23)5-18(12)29)17(24)8-14(16)19(32)31-11-6-15(21(25,26)27)20(30-9-11)33-4-3-28/h1-2,5-9H,4,29H2,(H,31,32). The number of nitrogens with zero attached hydrogens (tertiary/aromatic N) is 2. The molecule has 170 valence electrons. The van der Waals surface area contributed by atoms with Crippen LogP contribution in [-0.4, -0.2) is 17.5 Å². The molecule has 1 heterocycles. The Morgan fingerprint density at radius 3 is 2.55 bits per heavy atom. The molecule has 0 fully saturated rings. The van der Waals surface area contributed by atoms with Crippen LogP contribution in [0, 0.1) is 23.0 Å². The number of pyridine rings is 1. The van der Waals surface area contributed by atoms with E-state index in [4.69, 9.17) is 22.6 Å². The van der Waals surface area contributed by atoms with Crippen molar-refractivity contribution in [1.82, 2.24) is 4.98 Å². The number of nitrogen functional groups attached to an aromatic ring is 1. The molecule has 12 heteroatoms. The number of nitrogens with one attached hydrogen (secondary N) is 1. The molecule has 0 saturated carbocycles. The third kappa shape index (κ3) is 5.30. The van der Waals surface area contributed by atoms with Crippen LogP contribution in [0.2, 0.25) is 5.02 Å². The van der Waals surface area contributed by atoms with Crippen LogP contribution >= 0.6 is 11.6 Å². The van der Waals surface area contributed by atoms with E-state index in [-0.39, 0.29) is 33.1 Å². The van der Waals surface area contributed by atoms with Crippen LogP contribution in [0.15, 0.2) is 42.6 Å². The number of alkyl halides is 3. The van der Waals surface area contributed by atoms with E-state index < -0.39 is 41.8 Å². The maximum absolute atomic E-state index is 14.7. The number of hydrogen-bond acceptors (Lipinski definition) is 5. The van der Waals surface area contributed by atoms with Crippen molar-refractivity contribution in [1.29, 1.82) is 5.26 Å². The van der Waals surface area contributed by atoms with Gasteiger partial charge in [-0.2, -0.15) is 18.4 Å². The Hall–Kier alpha value is -3.91. The number of rotatable bonds is 5. The van der Waals surface area contributed by atoms with Gasteiger partial charge in [-0.05, 0) is 36.4 Å². The summed E-state index contributed by atoms with van der Waals surface area (Å²) in [5.41, 5.74) is 3.60. The fourth-order valence-corrected chi connectivity index (χ4v) is 3.09. The first-order valence-corrected chi connectivity index (χ1v) is 9.32. The zero-order chi connectivity index (χ0) is 24.3. The Bertz CT molecular complexity index is 1270. The Balaban J connectivity index is 1.92. The first-order valence-electron chi connectivity index (χ1n) is 8.94. The van der Waals surface area contributed by atoms with Gasteiger partial charge in [0.2, 0.25) is 5.88 Å². The van der Waals surface area contributed by atoms with Gasteiger partial charge in [-0.1, -0.05) is 11.6 Å². The minimum Gasteiger partial charge on any atom is -0.462 e. The molecule has 3 rings (SSSR count). The average molecular weight is 483 g/mol. The lowest BCUT2D eigenvalue weighted by atomic mass is 10.0. The molecule has 0 aliphatic heterocycles. The van der Waals surface area contributed by atoms with E-state index >= 15 is 0 Å². The second-order valence-corrected chi connectivity index (χ2v) is 6.93. The fraction of sp³-hybridized carbons (Fsp3) is 0.0952. The van der Waals surface area contributed by atoms with E-state index in [9.17, 15) is 26.7 Å². The SMILES string of the molecule is N#CCOc1ncc(NC(=O)c2cc(F)c(-c3ccc(F)cc3N)cc2Cl)cc1C(F)(F)F. The molecule has 3 aromatic rings. The lowest BCUT2D eigenvalue weighted by molar-refractivity contribution is -0.139. The van der Waals surface area contributed by atoms with E-state index in [1.165, 1.54) is 12.1 Å². The quantitative estimate of drug-likeness (QED) is 0.373. The van der Waals surface area contributed by atoms with Crippen molar-refractivity contribution in [3.8, 4) is 23.1 Å². The summed E-state index contributed by atoms with van der Waals surface area (Å²) < 4.78 is 72.4. The van der Waals surface area contributed by atoms with Crippen molar-refractivity contribution in [2.24, 2.45) is 0 Å². The van der Waals surface area contributed by atoms with Crippen LogP contribution in [0.3, 0.4) is 0 Å². The van der Waals surface area contributed by atoms with Gasteiger partial charge in [-0.3, -0.25) is 4.79 Å². The van der Waals surface area contributed by atoms with E-state index in [1.807, 2.05) is 0 Å². The van der Waals surface area contributed by atoms with E-state index in [0.29, 0.717) is 6.07 Å². The first-order chi connectivity index (χ1) is 15.5.